The lowest BCUT2D eigenvalue weighted by molar-refractivity contribution is -0.479. The van der Waals surface area contributed by atoms with E-state index >= 15 is 4.32 Å². The number of fused-ring (bicyclic) bond motifs is 1. The van der Waals surface area contributed by atoms with Crippen LogP contribution in [0.2, 0.25) is 0 Å². The molecule has 3 aromatic carbocycles. The van der Waals surface area contributed by atoms with Crippen LogP contribution in [-0.2, 0) is 15.9 Å². The molecule has 6 heteroatoms. The highest BCUT2D eigenvalue weighted by Gasteiger charge is 2.62. The molecule has 1 saturated heterocycles. The van der Waals surface area contributed by atoms with Crippen LogP contribution in [0.5, 0.6) is 0 Å². The van der Waals surface area contributed by atoms with Crippen molar-refractivity contribution in [3.05, 3.63) is 91.0 Å². The Bertz CT molecular complexity index is 1160. The highest BCUT2D eigenvalue weighted by Crippen LogP contribution is 2.37. The van der Waals surface area contributed by atoms with Crippen LogP contribution in [0.25, 0.3) is 10.8 Å². The van der Waals surface area contributed by atoms with Gasteiger partial charge in [-0.05, 0) is 16.3 Å². The fraction of sp³-hybridized carbons (Fsp3) is 0.200. The molecule has 1 aliphatic heterocycles. The van der Waals surface area contributed by atoms with Gasteiger partial charge in [-0.1, -0.05) is 84.3 Å². The van der Waals surface area contributed by atoms with E-state index in [2.05, 4.69) is 6.58 Å². The number of rotatable bonds is 6. The van der Waals surface area contributed by atoms with E-state index in [1.807, 2.05) is 74.8 Å². The summed E-state index contributed by atoms with van der Waals surface area (Å²) >= 11 is 0. The highest BCUT2D eigenvalue weighted by molar-refractivity contribution is 6.78. The quantitative estimate of drug-likeness (QED) is 0.349. The van der Waals surface area contributed by atoms with Gasteiger partial charge >= 0.3 is 12.7 Å². The molecule has 4 nitrogen and oxygen atoms in total. The third-order valence-corrected chi connectivity index (χ3v) is 5.88. The van der Waals surface area contributed by atoms with Gasteiger partial charge in [0.05, 0.1) is 14.1 Å². The summed E-state index contributed by atoms with van der Waals surface area (Å²) in [5.41, 5.74) is 0.0546. The molecule has 0 radical (unpaired) electrons. The summed E-state index contributed by atoms with van der Waals surface area (Å²) in [4.78, 5) is 15.2. The lowest BCUT2D eigenvalue weighted by Crippen LogP contribution is -2.59. The number of hydrogen-bond acceptors (Lipinski definition) is 2. The Morgan fingerprint density at radius 2 is 1.74 bits per heavy atom. The molecule has 0 aromatic heterocycles. The van der Waals surface area contributed by atoms with E-state index in [0.717, 1.165) is 16.3 Å². The second kappa shape index (κ2) is 8.02. The predicted molar refractivity (Wildman–Crippen MR) is 124 cm³/mol. The van der Waals surface area contributed by atoms with Crippen molar-refractivity contribution in [3.63, 3.8) is 0 Å². The molecule has 0 bridgehead atoms. The van der Waals surface area contributed by atoms with Crippen molar-refractivity contribution in [1.82, 2.24) is 4.90 Å². The normalized spacial score (nSPS) is 24.4. The minimum Gasteiger partial charge on any atom is -0.619 e. The summed E-state index contributed by atoms with van der Waals surface area (Å²) in [5, 5.41) is 1.62. The molecular weight excluding hydrogens is 390 g/mol. The summed E-state index contributed by atoms with van der Waals surface area (Å²) in [5.74, 6) is -0.579. The van der Waals surface area contributed by atoms with Crippen molar-refractivity contribution in [2.75, 3.05) is 14.1 Å². The third kappa shape index (κ3) is 3.52. The molecule has 0 N–H and O–H groups in total. The maximum atomic E-state index is 17.0. The second-order valence-corrected chi connectivity index (χ2v) is 8.29. The van der Waals surface area contributed by atoms with Gasteiger partial charge < -0.3 is 13.5 Å². The van der Waals surface area contributed by atoms with Crippen LogP contribution >= 0.6 is 0 Å². The number of carbonyl (C=O) groups is 1. The van der Waals surface area contributed by atoms with E-state index in [1.54, 1.807) is 29.4 Å². The molecule has 1 unspecified atom stereocenters. The first kappa shape index (κ1) is 20.9. The van der Waals surface area contributed by atoms with E-state index in [-0.39, 0.29) is 6.42 Å². The summed E-state index contributed by atoms with van der Waals surface area (Å²) in [6.45, 7) is 0.533. The highest BCUT2D eigenvalue weighted by atomic mass is 19.1. The third-order valence-electron chi connectivity index (χ3n) is 5.88. The minimum atomic E-state index is -3.32. The minimum absolute atomic E-state index is 0.253. The smallest absolute Gasteiger partial charge is 0.568 e. The fourth-order valence-electron chi connectivity index (χ4n) is 4.55. The molecule has 1 fully saturated rings. The van der Waals surface area contributed by atoms with Crippen molar-refractivity contribution < 1.29 is 18.3 Å². The van der Waals surface area contributed by atoms with Crippen molar-refractivity contribution >= 4 is 35.3 Å². The van der Waals surface area contributed by atoms with E-state index in [0.29, 0.717) is 11.9 Å². The molecule has 0 spiro atoms. The summed E-state index contributed by atoms with van der Waals surface area (Å²) < 4.78 is 24.2. The maximum absolute atomic E-state index is 17.0. The molecule has 3 aromatic rings. The zero-order valence-corrected chi connectivity index (χ0v) is 17.9. The van der Waals surface area contributed by atoms with Gasteiger partial charge in [0.25, 0.3) is 0 Å². The Morgan fingerprint density at radius 3 is 2.45 bits per heavy atom. The maximum Gasteiger partial charge on any atom is 0.568 e. The van der Waals surface area contributed by atoms with Crippen molar-refractivity contribution in [2.45, 2.75) is 18.4 Å². The summed E-state index contributed by atoms with van der Waals surface area (Å²) in [7, 11) is 3.62. The van der Waals surface area contributed by atoms with E-state index in [4.69, 9.17) is 4.65 Å². The van der Waals surface area contributed by atoms with Crippen LogP contribution < -0.4 is 5.46 Å². The van der Waals surface area contributed by atoms with Crippen molar-refractivity contribution in [1.29, 1.82) is 0 Å². The molecule has 0 amide bonds. The molecule has 0 aliphatic carbocycles. The SMILES string of the molecule is C=CC[C@]1(Cc2ccccc2)C(=O)O[B-](F)(c2cccc3ccccc23)/[N+]1=C\N(C)C. The average molecular weight is 416 g/mol. The monoisotopic (exact) mass is 416 g/mol. The topological polar surface area (TPSA) is 32.6 Å². The van der Waals surface area contributed by atoms with Gasteiger partial charge in [-0.3, -0.25) is 9.69 Å². The number of benzene rings is 3. The Morgan fingerprint density at radius 1 is 1.06 bits per heavy atom. The zero-order chi connectivity index (χ0) is 22.1. The van der Waals surface area contributed by atoms with Crippen molar-refractivity contribution in [3.8, 4) is 0 Å². The van der Waals surface area contributed by atoms with Gasteiger partial charge in [-0.2, -0.15) is 0 Å². The molecule has 1 aliphatic rings. The van der Waals surface area contributed by atoms with Crippen LogP contribution in [0.3, 0.4) is 0 Å². The second-order valence-electron chi connectivity index (χ2n) is 8.29. The predicted octanol–water partition coefficient (Wildman–Crippen LogP) is 3.67. The zero-order valence-electron chi connectivity index (χ0n) is 17.9. The number of hydrogen-bond donors (Lipinski definition) is 0. The molecule has 158 valence electrons. The first-order valence-corrected chi connectivity index (χ1v) is 10.4. The van der Waals surface area contributed by atoms with E-state index in [9.17, 15) is 4.79 Å². The van der Waals surface area contributed by atoms with Gasteiger partial charge in [-0.15, -0.1) is 6.58 Å². The van der Waals surface area contributed by atoms with Gasteiger partial charge in [0.1, 0.15) is 0 Å². The fourth-order valence-corrected chi connectivity index (χ4v) is 4.55. The molecule has 31 heavy (non-hydrogen) atoms. The van der Waals surface area contributed by atoms with E-state index < -0.39 is 18.3 Å². The van der Waals surface area contributed by atoms with Crippen LogP contribution in [0.15, 0.2) is 85.5 Å². The lowest BCUT2D eigenvalue weighted by Gasteiger charge is -2.34. The Hall–Kier alpha value is -3.41. The Labute approximate surface area is 182 Å². The molecular formula is C25H26BFN2O2. The molecule has 4 rings (SSSR count). The standard InChI is InChI=1S/C25H26BFN2O2/c1-4-17-25(18-20-11-6-5-7-12-20)24(30)31-26(27,29(25)19-28(2)3)23-16-10-14-21-13-8-9-15-22(21)23/h4-16,19H,1,17-18H2,2-3H3/b29-19-/t25-,26?/m0/s1. The first-order chi connectivity index (χ1) is 14.9. The van der Waals surface area contributed by atoms with Crippen LogP contribution in [0.1, 0.15) is 12.0 Å². The Balaban J connectivity index is 1.95. The largest absolute Gasteiger partial charge is 0.619 e. The van der Waals surface area contributed by atoms with Gasteiger partial charge in [0.15, 0.2) is 11.9 Å². The van der Waals surface area contributed by atoms with Gasteiger partial charge in [-0.25, -0.2) is 0 Å². The van der Waals surface area contributed by atoms with Gasteiger partial charge in [0, 0.05) is 12.8 Å². The Kier molecular flexibility index (Phi) is 5.40. The summed E-state index contributed by atoms with van der Waals surface area (Å²) in [6, 6.07) is 22.6. The number of carbonyl (C=O) groups excluding carboxylic acids is 1. The molecule has 0 saturated carbocycles. The summed E-state index contributed by atoms with van der Waals surface area (Å²) in [6.07, 6.45) is 3.86. The molecule has 1 heterocycles. The van der Waals surface area contributed by atoms with E-state index in [1.165, 1.54) is 4.49 Å². The van der Waals surface area contributed by atoms with Crippen molar-refractivity contribution in [2.24, 2.45) is 0 Å². The van der Waals surface area contributed by atoms with Crippen LogP contribution in [0, 0.1) is 0 Å². The molecule has 2 atom stereocenters. The van der Waals surface area contributed by atoms with Crippen LogP contribution in [0.4, 0.5) is 4.32 Å². The first-order valence-electron chi connectivity index (χ1n) is 10.4. The number of nitrogens with zero attached hydrogens (tertiary/aromatic N) is 2. The van der Waals surface area contributed by atoms with Crippen LogP contribution in [-0.4, -0.2) is 48.1 Å². The van der Waals surface area contributed by atoms with Gasteiger partial charge in [0.2, 0.25) is 0 Å². The number of halogens is 1. The lowest BCUT2D eigenvalue weighted by atomic mass is 9.63. The average Bonchev–Trinajstić information content (AvgIpc) is 2.96.